The zero-order chi connectivity index (χ0) is 13.0. The van der Waals surface area contributed by atoms with E-state index in [9.17, 15) is 0 Å². The fourth-order valence-electron chi connectivity index (χ4n) is 2.72. The lowest BCUT2D eigenvalue weighted by Gasteiger charge is -2.24. The largest absolute Gasteiger partial charge is 0.582 e. The standard InChI is InChI=1S/C12H11O.2C2H5.Al/c1-2-13-12-9-5-7-10-6-3-4-8-11(10)12;2*1-2;/h3-7,9H,2H2,1H3;2*1H2,2H3;/q;;;-1/p+1. The number of fused-ring (bicyclic) bond motifs is 1. The number of hydrogen-bond acceptors (Lipinski definition) is 0. The zero-order valence-corrected chi connectivity index (χ0v) is 12.8. The van der Waals surface area contributed by atoms with Crippen LogP contribution in [-0.4, -0.2) is 25.5 Å². The van der Waals surface area contributed by atoms with Gasteiger partial charge in [-0.3, -0.25) is 4.43 Å². The van der Waals surface area contributed by atoms with Crippen molar-refractivity contribution in [3.8, 4) is 5.75 Å². The van der Waals surface area contributed by atoms with Gasteiger partial charge in [0, 0.05) is 32.5 Å². The number of rotatable bonds is 5. The molecule has 0 aliphatic heterocycles. The summed E-state index contributed by atoms with van der Waals surface area (Å²) in [6.07, 6.45) is 0. The van der Waals surface area contributed by atoms with Crippen molar-refractivity contribution in [1.29, 1.82) is 0 Å². The van der Waals surface area contributed by atoms with E-state index in [0.29, 0.717) is 0 Å². The van der Waals surface area contributed by atoms with Gasteiger partial charge in [0.15, 0.2) is 6.61 Å². The molecule has 0 spiro atoms. The van der Waals surface area contributed by atoms with Crippen molar-refractivity contribution in [3.63, 3.8) is 0 Å². The quantitative estimate of drug-likeness (QED) is 0.570. The Morgan fingerprint density at radius 1 is 0.944 bits per heavy atom. The third-order valence-electron chi connectivity index (χ3n) is 3.67. The van der Waals surface area contributed by atoms with Crippen molar-refractivity contribution >= 4 is 29.3 Å². The minimum absolute atomic E-state index is 0.814. The highest BCUT2D eigenvalue weighted by Crippen LogP contribution is 2.25. The van der Waals surface area contributed by atoms with E-state index in [-0.39, 0.29) is 0 Å². The Labute approximate surface area is 114 Å². The van der Waals surface area contributed by atoms with Gasteiger partial charge in [0.1, 0.15) is 0 Å². The van der Waals surface area contributed by atoms with Crippen LogP contribution in [0.4, 0.5) is 0 Å². The van der Waals surface area contributed by atoms with Crippen LogP contribution in [0.5, 0.6) is 5.75 Å². The molecule has 0 heterocycles. The second-order valence-electron chi connectivity index (χ2n) is 4.71. The van der Waals surface area contributed by atoms with Gasteiger partial charge in [-0.25, -0.2) is 10.6 Å². The van der Waals surface area contributed by atoms with Crippen molar-refractivity contribution in [1.82, 2.24) is 0 Å². The fourth-order valence-corrected chi connectivity index (χ4v) is 5.28. The lowest BCUT2D eigenvalue weighted by molar-refractivity contribution is 0.0848. The van der Waals surface area contributed by atoms with Crippen molar-refractivity contribution < 1.29 is 4.74 Å². The van der Waals surface area contributed by atoms with E-state index in [1.165, 1.54) is 27.1 Å². The van der Waals surface area contributed by atoms with E-state index in [2.05, 4.69) is 61.9 Å². The van der Waals surface area contributed by atoms with Gasteiger partial charge in [-0.15, -0.1) is 19.9 Å². The van der Waals surface area contributed by atoms with E-state index in [4.69, 9.17) is 0 Å². The Morgan fingerprint density at radius 3 is 2.22 bits per heavy atom. The average Bonchev–Trinajstić information content (AvgIpc) is 2.41. The molecule has 2 aromatic rings. The lowest BCUT2D eigenvalue weighted by atomic mass is 10.1. The van der Waals surface area contributed by atoms with Gasteiger partial charge in [-0.2, -0.15) is 0 Å². The Kier molecular flexibility index (Phi) is 4.69. The molecule has 0 saturated carbocycles. The van der Waals surface area contributed by atoms with Crippen LogP contribution in [0, 0.1) is 0 Å². The van der Waals surface area contributed by atoms with Gasteiger partial charge < -0.3 is 4.74 Å². The van der Waals surface area contributed by atoms with Crippen molar-refractivity contribution in [3.05, 3.63) is 36.4 Å². The van der Waals surface area contributed by atoms with E-state index < -0.39 is 14.1 Å². The minimum Gasteiger partial charge on any atom is -0.582 e. The third kappa shape index (κ3) is 2.56. The van der Waals surface area contributed by atoms with Crippen LogP contribution in [0.1, 0.15) is 20.8 Å². The summed E-state index contributed by atoms with van der Waals surface area (Å²) >= 11 is -0.814. The Bertz CT molecular complexity index is 512. The summed E-state index contributed by atoms with van der Waals surface area (Å²) in [5.41, 5.74) is 0. The maximum atomic E-state index is 4.67. The van der Waals surface area contributed by atoms with Crippen LogP contribution in [-0.2, 0) is 0 Å². The molecule has 0 aromatic heterocycles. The van der Waals surface area contributed by atoms with Gasteiger partial charge in [0.2, 0.25) is 0 Å². The molecule has 0 amide bonds. The Balaban J connectivity index is 2.64. The van der Waals surface area contributed by atoms with Crippen LogP contribution in [0.25, 0.3) is 10.8 Å². The molecule has 0 aliphatic carbocycles. The fraction of sp³-hybridized carbons (Fsp3) is 0.375. The smallest absolute Gasteiger partial charge is 0.258 e. The summed E-state index contributed by atoms with van der Waals surface area (Å²) in [6, 6.07) is 13.2. The number of hydrogen-bond donors (Lipinski definition) is 0. The first-order valence-corrected chi connectivity index (χ1v) is 9.21. The second kappa shape index (κ2) is 6.27. The molecule has 0 bridgehead atoms. The molecule has 95 valence electrons. The highest BCUT2D eigenvalue weighted by atomic mass is 27.2. The SMILES string of the molecule is CC[OH+]c1cccc2ccc[c]([Al-]([CH2]C)[CH2]C)c12. The van der Waals surface area contributed by atoms with Gasteiger partial charge in [-0.1, -0.05) is 24.3 Å². The number of ether oxygens (including phenoxy) is 1. The molecule has 1 nitrogen and oxygen atoms in total. The maximum Gasteiger partial charge on any atom is 0.258 e. The van der Waals surface area contributed by atoms with E-state index in [0.717, 1.165) is 6.61 Å². The molecule has 2 rings (SSSR count). The van der Waals surface area contributed by atoms with E-state index >= 15 is 0 Å². The van der Waals surface area contributed by atoms with Gasteiger partial charge in [0.05, 0.1) is 0 Å². The second-order valence-corrected chi connectivity index (χ2v) is 8.36. The highest BCUT2D eigenvalue weighted by Gasteiger charge is 2.10. The lowest BCUT2D eigenvalue weighted by Crippen LogP contribution is -2.28. The van der Waals surface area contributed by atoms with Gasteiger partial charge in [0.25, 0.3) is 5.75 Å². The molecule has 0 fully saturated rings. The third-order valence-corrected chi connectivity index (χ3v) is 7.00. The van der Waals surface area contributed by atoms with Crippen LogP contribution >= 0.6 is 0 Å². The van der Waals surface area contributed by atoms with Gasteiger partial charge >= 0.3 is 0 Å². The number of benzene rings is 2. The average molecular weight is 257 g/mol. The van der Waals surface area contributed by atoms with Crippen molar-refractivity contribution in [2.75, 3.05) is 6.61 Å². The number of aliphatic hydroxyl groups is 1. The molecule has 0 saturated heterocycles. The molecule has 0 atom stereocenters. The van der Waals surface area contributed by atoms with E-state index in [1.807, 2.05) is 0 Å². The Morgan fingerprint density at radius 2 is 1.61 bits per heavy atom. The minimum atomic E-state index is -0.814. The first kappa shape index (κ1) is 13.5. The first-order valence-electron chi connectivity index (χ1n) is 7.00. The molecular formula is C16H22AlO. The van der Waals surface area contributed by atoms with Crippen LogP contribution < -0.4 is 4.43 Å². The van der Waals surface area contributed by atoms with E-state index in [1.54, 1.807) is 4.43 Å². The monoisotopic (exact) mass is 257 g/mol. The van der Waals surface area contributed by atoms with Crippen LogP contribution in [0.15, 0.2) is 36.4 Å². The summed E-state index contributed by atoms with van der Waals surface area (Å²) in [5, 5.41) is 5.43. The highest BCUT2D eigenvalue weighted by molar-refractivity contribution is 6.75. The van der Waals surface area contributed by atoms with Gasteiger partial charge in [-0.05, 0) is 5.39 Å². The maximum absolute atomic E-state index is 4.67. The number of aromatic hydroxyl groups is 1. The summed E-state index contributed by atoms with van der Waals surface area (Å²) in [5.74, 6) is 1.19. The molecule has 0 aliphatic rings. The summed E-state index contributed by atoms with van der Waals surface area (Å²) in [4.78, 5) is 0. The summed E-state index contributed by atoms with van der Waals surface area (Å²) in [6.45, 7) is 7.63. The summed E-state index contributed by atoms with van der Waals surface area (Å²) in [7, 11) is 0. The molecule has 2 aromatic carbocycles. The molecule has 2 heteroatoms. The normalized spacial score (nSPS) is 11.1. The van der Waals surface area contributed by atoms with Crippen LogP contribution in [0.2, 0.25) is 10.6 Å². The Hall–Kier alpha value is -0.968. The predicted octanol–water partition coefficient (Wildman–Crippen LogP) is 3.84. The first-order chi connectivity index (χ1) is 8.81. The summed E-state index contributed by atoms with van der Waals surface area (Å²) < 4.78 is 6.27. The van der Waals surface area contributed by atoms with Crippen LogP contribution in [0.3, 0.4) is 0 Å². The molecule has 1 N–H and O–H groups in total. The molecular weight excluding hydrogens is 235 g/mol. The molecule has 0 unspecified atom stereocenters. The van der Waals surface area contributed by atoms with Crippen molar-refractivity contribution in [2.24, 2.45) is 0 Å². The van der Waals surface area contributed by atoms with Crippen molar-refractivity contribution in [2.45, 2.75) is 31.3 Å². The molecule has 18 heavy (non-hydrogen) atoms. The topological polar surface area (TPSA) is 12.8 Å². The predicted molar refractivity (Wildman–Crippen MR) is 82.5 cm³/mol. The molecule has 1 radical (unpaired) electrons. The zero-order valence-electron chi connectivity index (χ0n) is 11.6.